The van der Waals surface area contributed by atoms with Crippen molar-refractivity contribution in [3.63, 3.8) is 0 Å². The summed E-state index contributed by atoms with van der Waals surface area (Å²) in [5.74, 6) is 0.855. The van der Waals surface area contributed by atoms with Crippen LogP contribution in [0.4, 0.5) is 0 Å². The summed E-state index contributed by atoms with van der Waals surface area (Å²) in [5, 5.41) is 12.9. The number of nitrogens with zero attached hydrogens (tertiary/aromatic N) is 1. The fourth-order valence-electron chi connectivity index (χ4n) is 2.86. The molecular weight excluding hydrogens is 264 g/mol. The normalized spacial score (nSPS) is 16.8. The van der Waals surface area contributed by atoms with E-state index < -0.39 is 0 Å². The summed E-state index contributed by atoms with van der Waals surface area (Å²) in [6, 6.07) is 7.51. The van der Waals surface area contributed by atoms with Crippen molar-refractivity contribution in [2.75, 3.05) is 0 Å². The SMILES string of the molecule is Oc1ccc(-c2nc(CNC3CCCCCC3)co2)cc1. The summed E-state index contributed by atoms with van der Waals surface area (Å²) in [5.41, 5.74) is 1.82. The van der Waals surface area contributed by atoms with Crippen molar-refractivity contribution >= 4 is 0 Å². The molecule has 0 aliphatic heterocycles. The van der Waals surface area contributed by atoms with E-state index in [0.717, 1.165) is 17.8 Å². The number of phenolic OH excluding ortho intramolecular Hbond substituents is 1. The van der Waals surface area contributed by atoms with Crippen LogP contribution in [0.3, 0.4) is 0 Å². The molecule has 0 saturated heterocycles. The third kappa shape index (κ3) is 3.85. The van der Waals surface area contributed by atoms with E-state index in [9.17, 15) is 5.11 Å². The summed E-state index contributed by atoms with van der Waals surface area (Å²) in [7, 11) is 0. The van der Waals surface area contributed by atoms with Crippen LogP contribution in [0.2, 0.25) is 0 Å². The van der Waals surface area contributed by atoms with Crippen molar-refractivity contribution in [1.82, 2.24) is 10.3 Å². The number of hydrogen-bond donors (Lipinski definition) is 2. The third-order valence-electron chi connectivity index (χ3n) is 4.09. The van der Waals surface area contributed by atoms with Crippen LogP contribution in [0.15, 0.2) is 34.9 Å². The van der Waals surface area contributed by atoms with Gasteiger partial charge in [-0.1, -0.05) is 25.7 Å². The number of hydrogen-bond acceptors (Lipinski definition) is 4. The fourth-order valence-corrected chi connectivity index (χ4v) is 2.86. The number of aromatic hydroxyl groups is 1. The first-order valence-electron chi connectivity index (χ1n) is 7.78. The number of phenols is 1. The van der Waals surface area contributed by atoms with Crippen molar-refractivity contribution in [3.05, 3.63) is 36.2 Å². The predicted molar refractivity (Wildman–Crippen MR) is 81.9 cm³/mol. The third-order valence-corrected chi connectivity index (χ3v) is 4.09. The van der Waals surface area contributed by atoms with Gasteiger partial charge in [-0.25, -0.2) is 4.98 Å². The summed E-state index contributed by atoms with van der Waals surface area (Å²) < 4.78 is 5.52. The minimum absolute atomic E-state index is 0.251. The second-order valence-electron chi connectivity index (χ2n) is 5.76. The Balaban J connectivity index is 1.58. The molecule has 0 unspecified atom stereocenters. The van der Waals surface area contributed by atoms with E-state index in [1.165, 1.54) is 38.5 Å². The Labute approximate surface area is 125 Å². The van der Waals surface area contributed by atoms with Gasteiger partial charge in [-0.05, 0) is 37.1 Å². The first kappa shape index (κ1) is 14.1. The minimum Gasteiger partial charge on any atom is -0.508 e. The fraction of sp³-hybridized carbons (Fsp3) is 0.471. The minimum atomic E-state index is 0.251. The highest BCUT2D eigenvalue weighted by Gasteiger charge is 2.13. The summed E-state index contributed by atoms with van der Waals surface area (Å²) in [6.07, 6.45) is 9.64. The largest absolute Gasteiger partial charge is 0.508 e. The smallest absolute Gasteiger partial charge is 0.226 e. The standard InChI is InChI=1S/C17H22N2O2/c20-16-9-7-13(8-10-16)17-19-15(12-21-17)11-18-14-5-3-1-2-4-6-14/h7-10,12,14,18,20H,1-6,11H2. The van der Waals surface area contributed by atoms with Gasteiger partial charge in [-0.3, -0.25) is 0 Å². The molecule has 1 saturated carbocycles. The zero-order valence-electron chi connectivity index (χ0n) is 12.2. The lowest BCUT2D eigenvalue weighted by molar-refractivity contribution is 0.455. The van der Waals surface area contributed by atoms with E-state index >= 15 is 0 Å². The molecular formula is C17H22N2O2. The van der Waals surface area contributed by atoms with Gasteiger partial charge in [0.15, 0.2) is 0 Å². The molecule has 1 heterocycles. The van der Waals surface area contributed by atoms with Crippen molar-refractivity contribution in [2.45, 2.75) is 51.1 Å². The molecule has 112 valence electrons. The predicted octanol–water partition coefficient (Wildman–Crippen LogP) is 3.86. The average Bonchev–Trinajstić information content (AvgIpc) is 2.81. The van der Waals surface area contributed by atoms with Gasteiger partial charge in [0.05, 0.1) is 5.69 Å². The lowest BCUT2D eigenvalue weighted by Gasteiger charge is -2.14. The second-order valence-corrected chi connectivity index (χ2v) is 5.76. The van der Waals surface area contributed by atoms with Crippen LogP contribution in [0.25, 0.3) is 11.5 Å². The first-order valence-corrected chi connectivity index (χ1v) is 7.78. The molecule has 1 aromatic heterocycles. The van der Waals surface area contributed by atoms with Gasteiger partial charge in [0.1, 0.15) is 12.0 Å². The molecule has 2 N–H and O–H groups in total. The Morgan fingerprint density at radius 2 is 1.81 bits per heavy atom. The highest BCUT2D eigenvalue weighted by Crippen LogP contribution is 2.22. The molecule has 4 heteroatoms. The topological polar surface area (TPSA) is 58.3 Å². The molecule has 1 aromatic carbocycles. The maximum atomic E-state index is 9.30. The maximum Gasteiger partial charge on any atom is 0.226 e. The molecule has 2 aromatic rings. The molecule has 4 nitrogen and oxygen atoms in total. The molecule has 1 aliphatic carbocycles. The van der Waals surface area contributed by atoms with Gasteiger partial charge in [-0.2, -0.15) is 0 Å². The van der Waals surface area contributed by atoms with E-state index in [2.05, 4.69) is 10.3 Å². The number of benzene rings is 1. The average molecular weight is 286 g/mol. The van der Waals surface area contributed by atoms with Crippen LogP contribution >= 0.6 is 0 Å². The van der Waals surface area contributed by atoms with Crippen LogP contribution < -0.4 is 5.32 Å². The molecule has 1 aliphatic rings. The molecule has 0 bridgehead atoms. The van der Waals surface area contributed by atoms with Crippen LogP contribution in [0.5, 0.6) is 5.75 Å². The molecule has 0 radical (unpaired) electrons. The van der Waals surface area contributed by atoms with Crippen LogP contribution in [0.1, 0.15) is 44.2 Å². The molecule has 0 atom stereocenters. The van der Waals surface area contributed by atoms with Crippen molar-refractivity contribution in [1.29, 1.82) is 0 Å². The molecule has 3 rings (SSSR count). The Hall–Kier alpha value is -1.81. The van der Waals surface area contributed by atoms with Crippen LogP contribution in [-0.2, 0) is 6.54 Å². The quantitative estimate of drug-likeness (QED) is 0.838. The van der Waals surface area contributed by atoms with E-state index in [4.69, 9.17) is 4.42 Å². The van der Waals surface area contributed by atoms with Gasteiger partial charge in [-0.15, -0.1) is 0 Å². The Morgan fingerprint density at radius 1 is 1.10 bits per heavy atom. The van der Waals surface area contributed by atoms with Gasteiger partial charge in [0.25, 0.3) is 0 Å². The van der Waals surface area contributed by atoms with Gasteiger partial charge in [0, 0.05) is 18.2 Å². The van der Waals surface area contributed by atoms with Gasteiger partial charge < -0.3 is 14.8 Å². The number of rotatable bonds is 4. The lowest BCUT2D eigenvalue weighted by atomic mass is 10.1. The van der Waals surface area contributed by atoms with Crippen molar-refractivity contribution in [2.24, 2.45) is 0 Å². The maximum absolute atomic E-state index is 9.30. The molecule has 0 amide bonds. The lowest BCUT2D eigenvalue weighted by Crippen LogP contribution is -2.27. The summed E-state index contributed by atoms with van der Waals surface area (Å²) >= 11 is 0. The van der Waals surface area contributed by atoms with Crippen LogP contribution in [0, 0.1) is 0 Å². The molecule has 1 fully saturated rings. The Kier molecular flexibility index (Phi) is 4.55. The van der Waals surface area contributed by atoms with Gasteiger partial charge in [0.2, 0.25) is 5.89 Å². The second kappa shape index (κ2) is 6.76. The van der Waals surface area contributed by atoms with E-state index in [0.29, 0.717) is 11.9 Å². The van der Waals surface area contributed by atoms with Crippen molar-refractivity contribution in [3.8, 4) is 17.2 Å². The Bertz CT molecular complexity index is 554. The first-order chi connectivity index (χ1) is 10.3. The zero-order valence-corrected chi connectivity index (χ0v) is 12.2. The van der Waals surface area contributed by atoms with Crippen molar-refractivity contribution < 1.29 is 9.52 Å². The summed E-state index contributed by atoms with van der Waals surface area (Å²) in [4.78, 5) is 4.51. The Morgan fingerprint density at radius 3 is 2.52 bits per heavy atom. The number of aromatic nitrogens is 1. The van der Waals surface area contributed by atoms with E-state index in [1.54, 1.807) is 18.4 Å². The van der Waals surface area contributed by atoms with E-state index in [1.807, 2.05) is 12.1 Å². The van der Waals surface area contributed by atoms with Gasteiger partial charge >= 0.3 is 0 Å². The number of nitrogens with one attached hydrogen (secondary N) is 1. The summed E-state index contributed by atoms with van der Waals surface area (Å²) in [6.45, 7) is 0.756. The monoisotopic (exact) mass is 286 g/mol. The van der Waals surface area contributed by atoms with Crippen LogP contribution in [-0.4, -0.2) is 16.1 Å². The molecule has 21 heavy (non-hydrogen) atoms. The highest BCUT2D eigenvalue weighted by atomic mass is 16.3. The molecule has 0 spiro atoms. The van der Waals surface area contributed by atoms with E-state index in [-0.39, 0.29) is 5.75 Å². The zero-order chi connectivity index (χ0) is 14.5. The number of oxazole rings is 1. The highest BCUT2D eigenvalue weighted by molar-refractivity contribution is 5.54.